The Morgan fingerprint density at radius 3 is 1.40 bits per heavy atom. The Bertz CT molecular complexity index is 210. The van der Waals surface area contributed by atoms with Gasteiger partial charge in [0.1, 0.15) is 0 Å². The summed E-state index contributed by atoms with van der Waals surface area (Å²) in [6.07, 6.45) is 4.25. The summed E-state index contributed by atoms with van der Waals surface area (Å²) in [6, 6.07) is 0.808. The first kappa shape index (κ1) is 20.1. The van der Waals surface area contributed by atoms with Gasteiger partial charge in [-0.05, 0) is 53.0 Å². The molecule has 3 unspecified atom stereocenters. The molecule has 0 aromatic carbocycles. The van der Waals surface area contributed by atoms with Crippen molar-refractivity contribution < 1.29 is 13.3 Å². The predicted molar refractivity (Wildman–Crippen MR) is 86.7 cm³/mol. The largest absolute Gasteiger partial charge is 0.501 e. The molecule has 0 aromatic rings. The maximum Gasteiger partial charge on any atom is 0.501 e. The highest BCUT2D eigenvalue weighted by Gasteiger charge is 2.44. The second kappa shape index (κ2) is 10.7. The number of hydrogen-bond acceptors (Lipinski definition) is 4. The summed E-state index contributed by atoms with van der Waals surface area (Å²) in [5.41, 5.74) is 5.68. The minimum Gasteiger partial charge on any atom is -0.371 e. The molecule has 0 rings (SSSR count). The second-order valence-corrected chi connectivity index (χ2v) is 8.16. The summed E-state index contributed by atoms with van der Waals surface area (Å²) in [6.45, 7) is 13.3. The zero-order chi connectivity index (χ0) is 15.6. The van der Waals surface area contributed by atoms with Gasteiger partial charge in [-0.2, -0.15) is 0 Å². The van der Waals surface area contributed by atoms with Crippen LogP contribution in [0.4, 0.5) is 0 Å². The van der Waals surface area contributed by atoms with Crippen molar-refractivity contribution in [2.24, 2.45) is 5.73 Å². The van der Waals surface area contributed by atoms with Gasteiger partial charge in [0.25, 0.3) is 0 Å². The van der Waals surface area contributed by atoms with E-state index < -0.39 is 8.80 Å². The van der Waals surface area contributed by atoms with Gasteiger partial charge in [0, 0.05) is 24.4 Å². The molecule has 0 saturated carbocycles. The Labute approximate surface area is 126 Å². The van der Waals surface area contributed by atoms with E-state index in [1.165, 1.54) is 0 Å². The molecule has 3 atom stereocenters. The quantitative estimate of drug-likeness (QED) is 0.558. The van der Waals surface area contributed by atoms with Gasteiger partial charge in [-0.1, -0.05) is 20.8 Å². The Morgan fingerprint density at radius 2 is 1.15 bits per heavy atom. The van der Waals surface area contributed by atoms with Gasteiger partial charge < -0.3 is 19.0 Å². The monoisotopic (exact) mass is 305 g/mol. The van der Waals surface area contributed by atoms with Gasteiger partial charge in [-0.25, -0.2) is 0 Å². The smallest absolute Gasteiger partial charge is 0.371 e. The lowest BCUT2D eigenvalue weighted by atomic mass is 10.3. The van der Waals surface area contributed by atoms with E-state index in [2.05, 4.69) is 41.5 Å². The average Bonchev–Trinajstić information content (AvgIpc) is 2.44. The first-order chi connectivity index (χ1) is 9.42. The molecule has 0 saturated heterocycles. The number of hydrogen-bond donors (Lipinski definition) is 1. The van der Waals surface area contributed by atoms with Crippen LogP contribution in [0.1, 0.15) is 67.2 Å². The third-order valence-electron chi connectivity index (χ3n) is 3.55. The molecule has 0 aliphatic heterocycles. The van der Waals surface area contributed by atoms with Crippen LogP contribution in [-0.4, -0.2) is 33.7 Å². The van der Waals surface area contributed by atoms with Crippen LogP contribution in [0.5, 0.6) is 0 Å². The van der Waals surface area contributed by atoms with Crippen molar-refractivity contribution in [2.45, 2.75) is 91.6 Å². The van der Waals surface area contributed by atoms with Crippen LogP contribution >= 0.6 is 0 Å². The molecule has 2 N–H and O–H groups in total. The summed E-state index contributed by atoms with van der Waals surface area (Å²) in [5.74, 6) is 0. The topological polar surface area (TPSA) is 53.7 Å². The molecule has 0 radical (unpaired) electrons. The van der Waals surface area contributed by atoms with Crippen molar-refractivity contribution in [1.82, 2.24) is 0 Å². The van der Waals surface area contributed by atoms with Crippen molar-refractivity contribution in [1.29, 1.82) is 0 Å². The SMILES string of the molecule is CCC(C)O[Si](CCCN)(OC(C)CC)OC(C)CC. The molecular formula is C15H35NO3Si. The summed E-state index contributed by atoms with van der Waals surface area (Å²) in [4.78, 5) is 0. The molecule has 5 heteroatoms. The highest BCUT2D eigenvalue weighted by atomic mass is 28.4. The standard InChI is InChI=1S/C15H35NO3Si/c1-7-13(4)17-20(12-10-11-16,18-14(5)8-2)19-15(6)9-3/h13-15H,7-12,16H2,1-6H3. The van der Waals surface area contributed by atoms with E-state index in [0.29, 0.717) is 6.54 Å². The van der Waals surface area contributed by atoms with E-state index in [1.54, 1.807) is 0 Å². The molecule has 122 valence electrons. The Kier molecular flexibility index (Phi) is 10.8. The van der Waals surface area contributed by atoms with E-state index in [0.717, 1.165) is 31.7 Å². The molecule has 0 heterocycles. The van der Waals surface area contributed by atoms with Gasteiger partial charge in [0.15, 0.2) is 0 Å². The van der Waals surface area contributed by atoms with Crippen molar-refractivity contribution in [2.75, 3.05) is 6.54 Å². The van der Waals surface area contributed by atoms with Crippen molar-refractivity contribution >= 4 is 8.80 Å². The molecular weight excluding hydrogens is 270 g/mol. The van der Waals surface area contributed by atoms with Crippen LogP contribution in [0.15, 0.2) is 0 Å². The molecule has 0 spiro atoms. The van der Waals surface area contributed by atoms with Crippen LogP contribution in [0, 0.1) is 0 Å². The van der Waals surface area contributed by atoms with Gasteiger partial charge in [0.05, 0.1) is 0 Å². The van der Waals surface area contributed by atoms with Crippen LogP contribution in [0.25, 0.3) is 0 Å². The molecule has 4 nitrogen and oxygen atoms in total. The van der Waals surface area contributed by atoms with Crippen molar-refractivity contribution in [3.05, 3.63) is 0 Å². The van der Waals surface area contributed by atoms with Crippen molar-refractivity contribution in [3.63, 3.8) is 0 Å². The highest BCUT2D eigenvalue weighted by molar-refractivity contribution is 6.60. The lowest BCUT2D eigenvalue weighted by Crippen LogP contribution is -2.51. The fourth-order valence-corrected chi connectivity index (χ4v) is 5.24. The third-order valence-corrected chi connectivity index (χ3v) is 6.80. The van der Waals surface area contributed by atoms with Crippen LogP contribution in [0.2, 0.25) is 6.04 Å². The van der Waals surface area contributed by atoms with E-state index >= 15 is 0 Å². The zero-order valence-corrected chi connectivity index (χ0v) is 15.3. The predicted octanol–water partition coefficient (Wildman–Crippen LogP) is 3.72. The normalized spacial score (nSPS) is 19.4. The summed E-state index contributed by atoms with van der Waals surface area (Å²) >= 11 is 0. The first-order valence-electron chi connectivity index (χ1n) is 8.16. The molecule has 0 aliphatic carbocycles. The van der Waals surface area contributed by atoms with Crippen LogP contribution in [0.3, 0.4) is 0 Å². The highest BCUT2D eigenvalue weighted by Crippen LogP contribution is 2.25. The van der Waals surface area contributed by atoms with Gasteiger partial charge >= 0.3 is 8.80 Å². The minimum atomic E-state index is -2.65. The molecule has 0 aliphatic rings. The van der Waals surface area contributed by atoms with E-state index in [4.69, 9.17) is 19.0 Å². The first-order valence-corrected chi connectivity index (χ1v) is 10.1. The Hall–Kier alpha value is 0.0569. The number of rotatable bonds is 12. The maximum absolute atomic E-state index is 6.27. The van der Waals surface area contributed by atoms with Gasteiger partial charge in [-0.3, -0.25) is 0 Å². The van der Waals surface area contributed by atoms with Crippen LogP contribution in [-0.2, 0) is 13.3 Å². The fourth-order valence-electron chi connectivity index (χ4n) is 1.75. The third kappa shape index (κ3) is 7.74. The Balaban J connectivity index is 5.03. The molecule has 0 aromatic heterocycles. The van der Waals surface area contributed by atoms with E-state index in [-0.39, 0.29) is 18.3 Å². The molecule has 0 amide bonds. The summed E-state index contributed by atoms with van der Waals surface area (Å²) in [5, 5.41) is 0. The van der Waals surface area contributed by atoms with Crippen LogP contribution < -0.4 is 5.73 Å². The van der Waals surface area contributed by atoms with Crippen molar-refractivity contribution in [3.8, 4) is 0 Å². The van der Waals surface area contributed by atoms with E-state index in [1.807, 2.05) is 0 Å². The minimum absolute atomic E-state index is 0.160. The summed E-state index contributed by atoms with van der Waals surface area (Å²) in [7, 11) is -2.65. The fraction of sp³-hybridized carbons (Fsp3) is 1.00. The second-order valence-electron chi connectivity index (χ2n) is 5.59. The van der Waals surface area contributed by atoms with E-state index in [9.17, 15) is 0 Å². The van der Waals surface area contributed by atoms with Gasteiger partial charge in [0.2, 0.25) is 0 Å². The lowest BCUT2D eigenvalue weighted by molar-refractivity contribution is -0.0109. The zero-order valence-electron chi connectivity index (χ0n) is 14.3. The molecule has 20 heavy (non-hydrogen) atoms. The lowest BCUT2D eigenvalue weighted by Gasteiger charge is -2.36. The maximum atomic E-state index is 6.27. The average molecular weight is 306 g/mol. The summed E-state index contributed by atoms with van der Waals surface area (Å²) < 4.78 is 18.8. The molecule has 0 fully saturated rings. The van der Waals surface area contributed by atoms with Gasteiger partial charge in [-0.15, -0.1) is 0 Å². The molecule has 0 bridgehead atoms. The Morgan fingerprint density at radius 1 is 0.800 bits per heavy atom. The number of nitrogens with two attached hydrogens (primary N) is 1.